The number of alkyl halides is 2. The molecule has 0 spiro atoms. The SMILES string of the molecule is CCN(CC)CCNC(C(N)=O)c1ccc(C(F)F)cc1. The molecule has 1 amide bonds. The molecular weight excluding hydrogens is 276 g/mol. The first-order chi connectivity index (χ1) is 9.99. The van der Waals surface area contributed by atoms with Crippen molar-refractivity contribution in [2.75, 3.05) is 26.2 Å². The second kappa shape index (κ2) is 8.69. The lowest BCUT2D eigenvalue weighted by Crippen LogP contribution is -2.38. The summed E-state index contributed by atoms with van der Waals surface area (Å²) in [7, 11) is 0. The van der Waals surface area contributed by atoms with Gasteiger partial charge in [-0.25, -0.2) is 8.78 Å². The number of carbonyl (C=O) groups is 1. The van der Waals surface area contributed by atoms with Gasteiger partial charge in [0.15, 0.2) is 0 Å². The molecule has 4 nitrogen and oxygen atoms in total. The summed E-state index contributed by atoms with van der Waals surface area (Å²) in [4.78, 5) is 13.7. The molecule has 1 aromatic carbocycles. The Labute approximate surface area is 124 Å². The van der Waals surface area contributed by atoms with Crippen LogP contribution >= 0.6 is 0 Å². The van der Waals surface area contributed by atoms with Gasteiger partial charge in [0.05, 0.1) is 0 Å². The number of nitrogens with zero attached hydrogens (tertiary/aromatic N) is 1. The van der Waals surface area contributed by atoms with Crippen LogP contribution in [-0.4, -0.2) is 37.0 Å². The van der Waals surface area contributed by atoms with Crippen molar-refractivity contribution in [2.45, 2.75) is 26.3 Å². The van der Waals surface area contributed by atoms with Gasteiger partial charge in [-0.05, 0) is 18.7 Å². The fourth-order valence-corrected chi connectivity index (χ4v) is 2.12. The lowest BCUT2D eigenvalue weighted by atomic mass is 10.0. The van der Waals surface area contributed by atoms with Crippen LogP contribution in [0.15, 0.2) is 24.3 Å². The number of primary amides is 1. The molecule has 1 atom stereocenters. The largest absolute Gasteiger partial charge is 0.368 e. The minimum absolute atomic E-state index is 0.0647. The van der Waals surface area contributed by atoms with E-state index < -0.39 is 18.4 Å². The van der Waals surface area contributed by atoms with Crippen molar-refractivity contribution >= 4 is 5.91 Å². The lowest BCUT2D eigenvalue weighted by molar-refractivity contribution is -0.120. The van der Waals surface area contributed by atoms with Gasteiger partial charge in [-0.2, -0.15) is 0 Å². The maximum absolute atomic E-state index is 12.5. The zero-order valence-electron chi connectivity index (χ0n) is 12.5. The Morgan fingerprint density at radius 2 is 1.71 bits per heavy atom. The van der Waals surface area contributed by atoms with E-state index in [0.29, 0.717) is 12.1 Å². The zero-order chi connectivity index (χ0) is 15.8. The molecule has 0 aliphatic rings. The second-order valence-corrected chi connectivity index (χ2v) is 4.78. The third-order valence-corrected chi connectivity index (χ3v) is 3.48. The van der Waals surface area contributed by atoms with Crippen LogP contribution in [0, 0.1) is 0 Å². The summed E-state index contributed by atoms with van der Waals surface area (Å²) in [5.41, 5.74) is 5.92. The maximum atomic E-state index is 12.5. The van der Waals surface area contributed by atoms with E-state index in [1.807, 2.05) is 0 Å². The molecule has 0 fully saturated rings. The number of likely N-dealkylation sites (N-methyl/N-ethyl adjacent to an activating group) is 1. The highest BCUT2D eigenvalue weighted by Gasteiger charge is 2.18. The van der Waals surface area contributed by atoms with Crippen LogP contribution in [0.25, 0.3) is 0 Å². The fourth-order valence-electron chi connectivity index (χ4n) is 2.12. The molecule has 1 aromatic rings. The van der Waals surface area contributed by atoms with E-state index in [-0.39, 0.29) is 5.56 Å². The van der Waals surface area contributed by atoms with Crippen LogP contribution in [0.2, 0.25) is 0 Å². The number of rotatable bonds is 9. The van der Waals surface area contributed by atoms with Crippen molar-refractivity contribution in [2.24, 2.45) is 5.73 Å². The molecule has 0 heterocycles. The number of benzene rings is 1. The maximum Gasteiger partial charge on any atom is 0.263 e. The van der Waals surface area contributed by atoms with E-state index in [4.69, 9.17) is 5.73 Å². The molecule has 3 N–H and O–H groups in total. The first kappa shape index (κ1) is 17.5. The van der Waals surface area contributed by atoms with Crippen molar-refractivity contribution < 1.29 is 13.6 Å². The fraction of sp³-hybridized carbons (Fsp3) is 0.533. The average Bonchev–Trinajstić information content (AvgIpc) is 2.47. The summed E-state index contributed by atoms with van der Waals surface area (Å²) < 4.78 is 25.0. The molecule has 0 saturated heterocycles. The predicted octanol–water partition coefficient (Wildman–Crippen LogP) is 2.08. The molecule has 0 bridgehead atoms. The highest BCUT2D eigenvalue weighted by Crippen LogP contribution is 2.21. The standard InChI is InChI=1S/C15H23F2N3O/c1-3-20(4-2)10-9-19-13(15(18)21)11-5-7-12(8-6-11)14(16)17/h5-8,13-14,19H,3-4,9-10H2,1-2H3,(H2,18,21). The number of nitrogens with two attached hydrogens (primary N) is 1. The molecule has 6 heteroatoms. The second-order valence-electron chi connectivity index (χ2n) is 4.78. The average molecular weight is 299 g/mol. The van der Waals surface area contributed by atoms with E-state index in [1.54, 1.807) is 0 Å². The Morgan fingerprint density at radius 3 is 2.14 bits per heavy atom. The number of carbonyl (C=O) groups excluding carboxylic acids is 1. The molecule has 0 aliphatic carbocycles. The normalized spacial score (nSPS) is 12.9. The van der Waals surface area contributed by atoms with Gasteiger partial charge >= 0.3 is 0 Å². The smallest absolute Gasteiger partial charge is 0.263 e. The van der Waals surface area contributed by atoms with Gasteiger partial charge in [0, 0.05) is 18.7 Å². The van der Waals surface area contributed by atoms with Gasteiger partial charge in [0.25, 0.3) is 6.43 Å². The molecule has 0 aromatic heterocycles. The first-order valence-electron chi connectivity index (χ1n) is 7.12. The van der Waals surface area contributed by atoms with E-state index >= 15 is 0 Å². The van der Waals surface area contributed by atoms with Crippen molar-refractivity contribution in [3.63, 3.8) is 0 Å². The van der Waals surface area contributed by atoms with Crippen molar-refractivity contribution in [1.82, 2.24) is 10.2 Å². The Hall–Kier alpha value is -1.53. The van der Waals surface area contributed by atoms with Crippen LogP contribution in [0.3, 0.4) is 0 Å². The third-order valence-electron chi connectivity index (χ3n) is 3.48. The number of halogens is 2. The van der Waals surface area contributed by atoms with Gasteiger partial charge in [0.1, 0.15) is 6.04 Å². The Morgan fingerprint density at radius 1 is 1.19 bits per heavy atom. The molecule has 0 radical (unpaired) electrons. The van der Waals surface area contributed by atoms with Crippen LogP contribution < -0.4 is 11.1 Å². The molecule has 1 unspecified atom stereocenters. The zero-order valence-corrected chi connectivity index (χ0v) is 12.5. The van der Waals surface area contributed by atoms with Crippen LogP contribution in [0.1, 0.15) is 37.4 Å². The number of hydrogen-bond acceptors (Lipinski definition) is 3. The molecule has 0 aliphatic heterocycles. The minimum Gasteiger partial charge on any atom is -0.368 e. The summed E-state index contributed by atoms with van der Waals surface area (Å²) in [5, 5.41) is 3.08. The summed E-state index contributed by atoms with van der Waals surface area (Å²) in [6, 6.07) is 5.01. The molecule has 0 saturated carbocycles. The monoisotopic (exact) mass is 299 g/mol. The third kappa shape index (κ3) is 5.40. The van der Waals surface area contributed by atoms with E-state index in [0.717, 1.165) is 19.6 Å². The van der Waals surface area contributed by atoms with Crippen molar-refractivity contribution in [3.8, 4) is 0 Å². The predicted molar refractivity (Wildman–Crippen MR) is 79.1 cm³/mol. The lowest BCUT2D eigenvalue weighted by Gasteiger charge is -2.21. The molecule has 21 heavy (non-hydrogen) atoms. The van der Waals surface area contributed by atoms with Crippen molar-refractivity contribution in [1.29, 1.82) is 0 Å². The minimum atomic E-state index is -2.51. The van der Waals surface area contributed by atoms with E-state index in [2.05, 4.69) is 24.1 Å². The van der Waals surface area contributed by atoms with Crippen LogP contribution in [0.5, 0.6) is 0 Å². The summed E-state index contributed by atoms with van der Waals surface area (Å²) >= 11 is 0. The van der Waals surface area contributed by atoms with Gasteiger partial charge in [-0.1, -0.05) is 38.1 Å². The highest BCUT2D eigenvalue weighted by molar-refractivity contribution is 5.81. The van der Waals surface area contributed by atoms with Crippen LogP contribution in [-0.2, 0) is 4.79 Å². The van der Waals surface area contributed by atoms with E-state index in [1.165, 1.54) is 24.3 Å². The van der Waals surface area contributed by atoms with Gasteiger partial charge in [0.2, 0.25) is 5.91 Å². The molecular formula is C15H23F2N3O. The van der Waals surface area contributed by atoms with Gasteiger partial charge in [-0.15, -0.1) is 0 Å². The quantitative estimate of drug-likeness (QED) is 0.734. The Balaban J connectivity index is 2.66. The van der Waals surface area contributed by atoms with Crippen LogP contribution in [0.4, 0.5) is 8.78 Å². The number of hydrogen-bond donors (Lipinski definition) is 2. The molecule has 1 rings (SSSR count). The number of nitrogens with one attached hydrogen (secondary N) is 1. The summed E-state index contributed by atoms with van der Waals surface area (Å²) in [6.45, 7) is 7.40. The van der Waals surface area contributed by atoms with Gasteiger partial charge < -0.3 is 16.0 Å². The summed E-state index contributed by atoms with van der Waals surface area (Å²) in [6.07, 6.45) is -2.51. The Kier molecular flexibility index (Phi) is 7.25. The first-order valence-corrected chi connectivity index (χ1v) is 7.12. The van der Waals surface area contributed by atoms with Gasteiger partial charge in [-0.3, -0.25) is 4.79 Å². The molecule has 118 valence electrons. The van der Waals surface area contributed by atoms with Crippen molar-refractivity contribution in [3.05, 3.63) is 35.4 Å². The Bertz CT molecular complexity index is 433. The topological polar surface area (TPSA) is 58.4 Å². The number of amides is 1. The summed E-state index contributed by atoms with van der Waals surface area (Å²) in [5.74, 6) is -0.514. The van der Waals surface area contributed by atoms with E-state index in [9.17, 15) is 13.6 Å². The highest BCUT2D eigenvalue weighted by atomic mass is 19.3.